The molecular formula is C17H16ClNO2. The molecular weight excluding hydrogens is 286 g/mol. The molecule has 108 valence electrons. The molecule has 1 aromatic carbocycles. The molecule has 1 atom stereocenters. The van der Waals surface area contributed by atoms with Crippen molar-refractivity contribution in [1.29, 1.82) is 0 Å². The van der Waals surface area contributed by atoms with Gasteiger partial charge in [-0.1, -0.05) is 23.7 Å². The molecule has 3 rings (SSSR count). The molecule has 0 N–H and O–H groups in total. The zero-order valence-electron chi connectivity index (χ0n) is 12.0. The lowest BCUT2D eigenvalue weighted by molar-refractivity contribution is 0.0874. The number of carbonyl (C=O) groups excluding carboxylic acids is 1. The zero-order chi connectivity index (χ0) is 15.0. The van der Waals surface area contributed by atoms with Crippen molar-refractivity contribution in [2.24, 2.45) is 0 Å². The van der Waals surface area contributed by atoms with Crippen LogP contribution in [-0.4, -0.2) is 17.9 Å². The summed E-state index contributed by atoms with van der Waals surface area (Å²) >= 11 is 5.94. The van der Waals surface area contributed by atoms with Crippen molar-refractivity contribution in [3.8, 4) is 5.88 Å². The van der Waals surface area contributed by atoms with Gasteiger partial charge in [0, 0.05) is 16.7 Å². The fourth-order valence-electron chi connectivity index (χ4n) is 2.86. The second kappa shape index (κ2) is 5.15. The highest BCUT2D eigenvalue weighted by atomic mass is 35.5. The van der Waals surface area contributed by atoms with Crippen LogP contribution in [0.15, 0.2) is 36.4 Å². The largest absolute Gasteiger partial charge is 0.481 e. The summed E-state index contributed by atoms with van der Waals surface area (Å²) in [6.45, 7) is 1.99. The molecule has 0 bridgehead atoms. The first-order valence-corrected chi connectivity index (χ1v) is 7.27. The van der Waals surface area contributed by atoms with Gasteiger partial charge >= 0.3 is 0 Å². The Hall–Kier alpha value is -1.87. The van der Waals surface area contributed by atoms with Crippen LogP contribution in [0.25, 0.3) is 0 Å². The highest BCUT2D eigenvalue weighted by Gasteiger charge is 2.40. The number of methoxy groups -OCH3 is 1. The minimum absolute atomic E-state index is 0.112. The first-order valence-electron chi connectivity index (χ1n) is 6.89. The summed E-state index contributed by atoms with van der Waals surface area (Å²) in [6.07, 6.45) is 1.50. The zero-order valence-corrected chi connectivity index (χ0v) is 12.8. The van der Waals surface area contributed by atoms with Crippen molar-refractivity contribution in [3.63, 3.8) is 0 Å². The predicted molar refractivity (Wildman–Crippen MR) is 82.2 cm³/mol. The van der Waals surface area contributed by atoms with Gasteiger partial charge in [-0.15, -0.1) is 0 Å². The lowest BCUT2D eigenvalue weighted by Crippen LogP contribution is -2.37. The van der Waals surface area contributed by atoms with Crippen molar-refractivity contribution in [1.82, 2.24) is 4.98 Å². The number of aromatic nitrogens is 1. The average molecular weight is 302 g/mol. The van der Waals surface area contributed by atoms with Crippen molar-refractivity contribution in [2.45, 2.75) is 25.2 Å². The number of ketones is 1. The van der Waals surface area contributed by atoms with E-state index in [0.29, 0.717) is 16.5 Å². The lowest BCUT2D eigenvalue weighted by atomic mass is 9.69. The van der Waals surface area contributed by atoms with Gasteiger partial charge in [0.15, 0.2) is 5.78 Å². The molecule has 21 heavy (non-hydrogen) atoms. The predicted octanol–water partition coefficient (Wildman–Crippen LogP) is 3.83. The van der Waals surface area contributed by atoms with Crippen LogP contribution in [0.5, 0.6) is 5.88 Å². The summed E-state index contributed by atoms with van der Waals surface area (Å²) in [5.74, 6) is 0.665. The van der Waals surface area contributed by atoms with E-state index in [1.54, 1.807) is 13.2 Å². The highest BCUT2D eigenvalue weighted by Crippen LogP contribution is 2.38. The Bertz CT molecular complexity index is 696. The van der Waals surface area contributed by atoms with Crippen LogP contribution in [0.3, 0.4) is 0 Å². The van der Waals surface area contributed by atoms with E-state index < -0.39 is 5.41 Å². The first-order chi connectivity index (χ1) is 10.0. The first kappa shape index (κ1) is 14.1. The Labute approximate surface area is 128 Å². The molecule has 1 aliphatic carbocycles. The number of rotatable bonds is 2. The lowest BCUT2D eigenvalue weighted by Gasteiger charge is -2.33. The SMILES string of the molecule is COc1ccc2c(n1)CCC(C)(c1ccc(Cl)cc1)C2=O. The molecule has 2 aromatic rings. The second-order valence-electron chi connectivity index (χ2n) is 5.52. The molecule has 0 radical (unpaired) electrons. The highest BCUT2D eigenvalue weighted by molar-refractivity contribution is 6.30. The third-order valence-corrected chi connectivity index (χ3v) is 4.50. The van der Waals surface area contributed by atoms with Gasteiger partial charge in [0.2, 0.25) is 5.88 Å². The maximum absolute atomic E-state index is 12.9. The minimum atomic E-state index is -0.520. The van der Waals surface area contributed by atoms with Crippen LogP contribution in [0.1, 0.15) is 35.0 Å². The normalized spacial score (nSPS) is 21.0. The molecule has 0 saturated carbocycles. The molecule has 1 aliphatic rings. The standard InChI is InChI=1S/C17H16ClNO2/c1-17(11-3-5-12(18)6-4-11)10-9-14-13(16(17)20)7-8-15(19-14)21-2/h3-8H,9-10H2,1-2H3. The van der Waals surface area contributed by atoms with Gasteiger partial charge in [-0.3, -0.25) is 4.79 Å². The van der Waals surface area contributed by atoms with Crippen LogP contribution >= 0.6 is 11.6 Å². The van der Waals surface area contributed by atoms with Crippen molar-refractivity contribution >= 4 is 17.4 Å². The molecule has 0 amide bonds. The van der Waals surface area contributed by atoms with Gasteiger partial charge < -0.3 is 4.74 Å². The third-order valence-electron chi connectivity index (χ3n) is 4.25. The molecule has 1 heterocycles. The van der Waals surface area contributed by atoms with Crippen molar-refractivity contribution in [2.75, 3.05) is 7.11 Å². The van der Waals surface area contributed by atoms with E-state index in [9.17, 15) is 4.79 Å². The Morgan fingerprint density at radius 2 is 1.90 bits per heavy atom. The summed E-state index contributed by atoms with van der Waals surface area (Å²) in [4.78, 5) is 17.3. The van der Waals surface area contributed by atoms with E-state index in [1.165, 1.54) is 0 Å². The van der Waals surface area contributed by atoms with Gasteiger partial charge in [-0.2, -0.15) is 0 Å². The quantitative estimate of drug-likeness (QED) is 0.846. The van der Waals surface area contributed by atoms with E-state index in [0.717, 1.165) is 24.1 Å². The van der Waals surface area contributed by atoms with Gasteiger partial charge in [-0.05, 0) is 43.5 Å². The van der Waals surface area contributed by atoms with Crippen molar-refractivity contribution < 1.29 is 9.53 Å². The topological polar surface area (TPSA) is 39.2 Å². The van der Waals surface area contributed by atoms with Gasteiger partial charge in [0.1, 0.15) is 0 Å². The van der Waals surface area contributed by atoms with Crippen LogP contribution in [-0.2, 0) is 11.8 Å². The number of hydrogen-bond acceptors (Lipinski definition) is 3. The second-order valence-corrected chi connectivity index (χ2v) is 5.95. The number of Topliss-reactive ketones (excluding diaryl/α,β-unsaturated/α-hetero) is 1. The number of hydrogen-bond donors (Lipinski definition) is 0. The summed E-state index contributed by atoms with van der Waals surface area (Å²) in [6, 6.07) is 11.1. The fraction of sp³-hybridized carbons (Fsp3) is 0.294. The Morgan fingerprint density at radius 3 is 2.57 bits per heavy atom. The number of pyridine rings is 1. The summed E-state index contributed by atoms with van der Waals surface area (Å²) in [5, 5.41) is 0.678. The minimum Gasteiger partial charge on any atom is -0.481 e. The third kappa shape index (κ3) is 2.32. The number of carbonyl (C=O) groups is 1. The monoisotopic (exact) mass is 301 g/mol. The fourth-order valence-corrected chi connectivity index (χ4v) is 2.99. The Balaban J connectivity index is 2.03. The average Bonchev–Trinajstić information content (AvgIpc) is 2.51. The molecule has 0 spiro atoms. The molecule has 0 fully saturated rings. The number of halogens is 1. The summed E-state index contributed by atoms with van der Waals surface area (Å²) in [5.41, 5.74) is 2.00. The number of fused-ring (bicyclic) bond motifs is 1. The maximum Gasteiger partial charge on any atom is 0.213 e. The van der Waals surface area contributed by atoms with E-state index in [1.807, 2.05) is 37.3 Å². The summed E-state index contributed by atoms with van der Waals surface area (Å²) in [7, 11) is 1.58. The van der Waals surface area contributed by atoms with Crippen LogP contribution in [0.2, 0.25) is 5.02 Å². The Morgan fingerprint density at radius 1 is 1.19 bits per heavy atom. The molecule has 0 saturated heterocycles. The number of aryl methyl sites for hydroxylation is 1. The molecule has 4 heteroatoms. The number of benzene rings is 1. The van der Waals surface area contributed by atoms with Crippen LogP contribution in [0, 0.1) is 0 Å². The molecule has 1 unspecified atom stereocenters. The van der Waals surface area contributed by atoms with E-state index >= 15 is 0 Å². The van der Waals surface area contributed by atoms with Crippen LogP contribution in [0.4, 0.5) is 0 Å². The maximum atomic E-state index is 12.9. The Kier molecular flexibility index (Phi) is 3.46. The van der Waals surface area contributed by atoms with E-state index in [2.05, 4.69) is 4.98 Å². The molecule has 1 aromatic heterocycles. The van der Waals surface area contributed by atoms with Crippen molar-refractivity contribution in [3.05, 3.63) is 58.2 Å². The van der Waals surface area contributed by atoms with Crippen LogP contribution < -0.4 is 4.74 Å². The number of nitrogens with zero attached hydrogens (tertiary/aromatic N) is 1. The van der Waals surface area contributed by atoms with E-state index in [-0.39, 0.29) is 5.78 Å². The summed E-state index contributed by atoms with van der Waals surface area (Å²) < 4.78 is 5.13. The molecule has 3 nitrogen and oxygen atoms in total. The molecule has 0 aliphatic heterocycles. The number of ether oxygens (including phenoxy) is 1. The van der Waals surface area contributed by atoms with Gasteiger partial charge in [0.25, 0.3) is 0 Å². The van der Waals surface area contributed by atoms with E-state index in [4.69, 9.17) is 16.3 Å². The van der Waals surface area contributed by atoms with Gasteiger partial charge in [-0.25, -0.2) is 4.98 Å². The van der Waals surface area contributed by atoms with Gasteiger partial charge in [0.05, 0.1) is 18.2 Å². The smallest absolute Gasteiger partial charge is 0.213 e.